The summed E-state index contributed by atoms with van der Waals surface area (Å²) in [7, 11) is -2.25. The van der Waals surface area contributed by atoms with Crippen molar-refractivity contribution in [3.05, 3.63) is 28.8 Å². The number of esters is 1. The number of benzene rings is 1. The Morgan fingerprint density at radius 2 is 2.00 bits per heavy atom. The Morgan fingerprint density at radius 3 is 2.55 bits per heavy atom. The second-order valence-electron chi connectivity index (χ2n) is 4.72. The quantitative estimate of drug-likeness (QED) is 0.756. The first-order valence-electron chi connectivity index (χ1n) is 6.27. The molecular weight excluding hydrogens is 332 g/mol. The summed E-state index contributed by atoms with van der Waals surface area (Å²) in [6, 6.07) is 3.76. The van der Waals surface area contributed by atoms with Crippen molar-refractivity contribution in [3.63, 3.8) is 0 Å². The van der Waals surface area contributed by atoms with E-state index in [9.17, 15) is 18.0 Å². The van der Waals surface area contributed by atoms with E-state index in [1.54, 1.807) is 6.92 Å². The van der Waals surface area contributed by atoms with Crippen molar-refractivity contribution < 1.29 is 22.7 Å². The summed E-state index contributed by atoms with van der Waals surface area (Å²) in [6.45, 7) is 1.65. The fourth-order valence-electron chi connectivity index (χ4n) is 1.64. The molecule has 0 aromatic heterocycles. The molecule has 9 heteroatoms. The first-order valence-corrected chi connectivity index (χ1v) is 8.54. The zero-order valence-corrected chi connectivity index (χ0v) is 13.9. The normalized spacial score (nSPS) is 12.4. The summed E-state index contributed by atoms with van der Waals surface area (Å²) in [5.41, 5.74) is 0.324. The van der Waals surface area contributed by atoms with Gasteiger partial charge in [-0.1, -0.05) is 11.6 Å². The maximum atomic E-state index is 12.1. The molecule has 0 radical (unpaired) electrons. The van der Waals surface area contributed by atoms with E-state index in [0.717, 1.165) is 6.26 Å². The van der Waals surface area contributed by atoms with Gasteiger partial charge in [-0.3, -0.25) is 14.3 Å². The van der Waals surface area contributed by atoms with E-state index in [4.69, 9.17) is 11.6 Å². The molecule has 0 bridgehead atoms. The van der Waals surface area contributed by atoms with Crippen LogP contribution in [0.15, 0.2) is 18.2 Å². The number of carbonyl (C=O) groups excluding carboxylic acids is 2. The average Bonchev–Trinajstić information content (AvgIpc) is 2.39. The smallest absolute Gasteiger partial charge is 0.307 e. The third-order valence-corrected chi connectivity index (χ3v) is 3.52. The molecule has 1 amide bonds. The average molecular weight is 349 g/mol. The number of halogens is 1. The maximum absolute atomic E-state index is 12.1. The van der Waals surface area contributed by atoms with E-state index in [2.05, 4.69) is 14.8 Å². The highest BCUT2D eigenvalue weighted by atomic mass is 35.5. The molecule has 0 fully saturated rings. The molecule has 122 valence electrons. The first-order chi connectivity index (χ1) is 10.1. The number of nitrogens with one attached hydrogen (secondary N) is 2. The third-order valence-electron chi connectivity index (χ3n) is 2.60. The largest absolute Gasteiger partial charge is 0.469 e. The van der Waals surface area contributed by atoms with Crippen molar-refractivity contribution in [2.75, 3.05) is 18.1 Å². The zero-order valence-electron chi connectivity index (χ0n) is 12.3. The van der Waals surface area contributed by atoms with Gasteiger partial charge in [0.25, 0.3) is 5.91 Å². The van der Waals surface area contributed by atoms with Crippen LogP contribution in [0.25, 0.3) is 0 Å². The molecule has 0 aliphatic carbocycles. The summed E-state index contributed by atoms with van der Waals surface area (Å²) < 4.78 is 29.2. The highest BCUT2D eigenvalue weighted by Gasteiger charge is 2.15. The molecular formula is C13H17ClN2O5S. The van der Waals surface area contributed by atoms with Gasteiger partial charge in [0.1, 0.15) is 0 Å². The van der Waals surface area contributed by atoms with Crippen molar-refractivity contribution in [2.45, 2.75) is 19.4 Å². The lowest BCUT2D eigenvalue weighted by molar-refractivity contribution is -0.141. The molecule has 0 aliphatic rings. The molecule has 0 unspecified atom stereocenters. The molecule has 1 aromatic rings. The standard InChI is InChI=1S/C13H17ClN2O5S/c1-8(6-12(17)21-2)15-13(18)9-4-5-10(14)11(7-9)16-22(3,19)20/h4-5,7-8,16H,6H2,1-3H3,(H,15,18)/t8-/m1/s1. The van der Waals surface area contributed by atoms with Crippen LogP contribution in [0.5, 0.6) is 0 Å². The molecule has 0 heterocycles. The number of carbonyl (C=O) groups is 2. The number of amides is 1. The van der Waals surface area contributed by atoms with Crippen LogP contribution in [-0.2, 0) is 19.6 Å². The van der Waals surface area contributed by atoms with E-state index >= 15 is 0 Å². The lowest BCUT2D eigenvalue weighted by Gasteiger charge is -2.14. The summed E-state index contributed by atoms with van der Waals surface area (Å²) >= 11 is 5.88. The van der Waals surface area contributed by atoms with Gasteiger partial charge < -0.3 is 10.1 Å². The van der Waals surface area contributed by atoms with E-state index in [1.165, 1.54) is 25.3 Å². The number of methoxy groups -OCH3 is 1. The van der Waals surface area contributed by atoms with Gasteiger partial charge in [-0.05, 0) is 25.1 Å². The van der Waals surface area contributed by atoms with E-state index in [1.807, 2.05) is 0 Å². The molecule has 1 aromatic carbocycles. The van der Waals surface area contributed by atoms with Gasteiger partial charge in [0, 0.05) is 11.6 Å². The van der Waals surface area contributed by atoms with Gasteiger partial charge in [-0.25, -0.2) is 8.42 Å². The Morgan fingerprint density at radius 1 is 1.36 bits per heavy atom. The van der Waals surface area contributed by atoms with Crippen molar-refractivity contribution in [2.24, 2.45) is 0 Å². The Balaban J connectivity index is 2.86. The van der Waals surface area contributed by atoms with Crippen molar-refractivity contribution in [1.82, 2.24) is 5.32 Å². The Labute approximate surface area is 134 Å². The number of anilines is 1. The van der Waals surface area contributed by atoms with Crippen LogP contribution in [-0.4, -0.2) is 39.7 Å². The minimum Gasteiger partial charge on any atom is -0.469 e. The number of rotatable bonds is 6. The monoisotopic (exact) mass is 348 g/mol. The van der Waals surface area contributed by atoms with Crippen molar-refractivity contribution in [3.8, 4) is 0 Å². The topological polar surface area (TPSA) is 102 Å². The van der Waals surface area contributed by atoms with Gasteiger partial charge in [-0.15, -0.1) is 0 Å². The Bertz CT molecular complexity index is 675. The summed E-state index contributed by atoms with van der Waals surface area (Å²) in [6.07, 6.45) is 1.01. The summed E-state index contributed by atoms with van der Waals surface area (Å²) in [5, 5.41) is 2.78. The predicted molar refractivity (Wildman–Crippen MR) is 83.5 cm³/mol. The van der Waals surface area contributed by atoms with Crippen LogP contribution in [0.3, 0.4) is 0 Å². The molecule has 1 atom stereocenters. The Kier molecular flexibility index (Phi) is 6.19. The molecule has 22 heavy (non-hydrogen) atoms. The van der Waals surface area contributed by atoms with Crippen LogP contribution < -0.4 is 10.0 Å². The minimum absolute atomic E-state index is 0.0320. The lowest BCUT2D eigenvalue weighted by atomic mass is 10.1. The fraction of sp³-hybridized carbons (Fsp3) is 0.385. The summed E-state index contributed by atoms with van der Waals surface area (Å²) in [4.78, 5) is 23.2. The molecule has 0 aliphatic heterocycles. The second-order valence-corrected chi connectivity index (χ2v) is 6.88. The third kappa shape index (κ3) is 5.90. The van der Waals surface area contributed by atoms with Crippen LogP contribution in [0.4, 0.5) is 5.69 Å². The molecule has 1 rings (SSSR count). The van der Waals surface area contributed by atoms with Crippen LogP contribution >= 0.6 is 11.6 Å². The van der Waals surface area contributed by atoms with Crippen LogP contribution in [0.1, 0.15) is 23.7 Å². The SMILES string of the molecule is COC(=O)C[C@@H](C)NC(=O)c1ccc(Cl)c(NS(C)(=O)=O)c1. The van der Waals surface area contributed by atoms with Crippen LogP contribution in [0, 0.1) is 0 Å². The number of hydrogen-bond donors (Lipinski definition) is 2. The van der Waals surface area contributed by atoms with Gasteiger partial charge in [0.05, 0.1) is 30.5 Å². The van der Waals surface area contributed by atoms with Gasteiger partial charge in [0.2, 0.25) is 10.0 Å². The van der Waals surface area contributed by atoms with E-state index in [-0.39, 0.29) is 22.7 Å². The Hall–Kier alpha value is -1.80. The van der Waals surface area contributed by atoms with Gasteiger partial charge >= 0.3 is 5.97 Å². The number of ether oxygens (including phenoxy) is 1. The number of hydrogen-bond acceptors (Lipinski definition) is 5. The van der Waals surface area contributed by atoms with Crippen LogP contribution in [0.2, 0.25) is 5.02 Å². The van der Waals surface area contributed by atoms with E-state index in [0.29, 0.717) is 0 Å². The molecule has 7 nitrogen and oxygen atoms in total. The molecule has 0 saturated carbocycles. The van der Waals surface area contributed by atoms with Crippen molar-refractivity contribution in [1.29, 1.82) is 0 Å². The van der Waals surface area contributed by atoms with Gasteiger partial charge in [-0.2, -0.15) is 0 Å². The highest BCUT2D eigenvalue weighted by Crippen LogP contribution is 2.24. The lowest BCUT2D eigenvalue weighted by Crippen LogP contribution is -2.34. The maximum Gasteiger partial charge on any atom is 0.307 e. The molecule has 0 spiro atoms. The fourth-order valence-corrected chi connectivity index (χ4v) is 2.43. The van der Waals surface area contributed by atoms with E-state index < -0.39 is 27.9 Å². The number of sulfonamides is 1. The molecule has 2 N–H and O–H groups in total. The van der Waals surface area contributed by atoms with Crippen molar-refractivity contribution >= 4 is 39.2 Å². The molecule has 0 saturated heterocycles. The highest BCUT2D eigenvalue weighted by molar-refractivity contribution is 7.92. The predicted octanol–water partition coefficient (Wildman–Crippen LogP) is 1.39. The zero-order chi connectivity index (χ0) is 16.9. The summed E-state index contributed by atoms with van der Waals surface area (Å²) in [5.74, 6) is -0.895. The second kappa shape index (κ2) is 7.46. The first kappa shape index (κ1) is 18.2. The van der Waals surface area contributed by atoms with Gasteiger partial charge in [0.15, 0.2) is 0 Å². The minimum atomic E-state index is -3.51.